The second-order valence-corrected chi connectivity index (χ2v) is 2.92. The van der Waals surface area contributed by atoms with Gasteiger partial charge in [0, 0.05) is 37.1 Å². The quantitative estimate of drug-likeness (QED) is 0.667. The van der Waals surface area contributed by atoms with E-state index in [1.807, 2.05) is 10.8 Å². The molecule has 4 heteroatoms. The molecule has 0 fully saturated rings. The van der Waals surface area contributed by atoms with E-state index in [2.05, 4.69) is 4.98 Å². The Balaban J connectivity index is 2.62. The molecule has 0 saturated carbocycles. The van der Waals surface area contributed by atoms with Crippen molar-refractivity contribution in [3.05, 3.63) is 18.2 Å². The molecule has 0 unspecified atom stereocenters. The van der Waals surface area contributed by atoms with E-state index in [0.29, 0.717) is 11.8 Å². The van der Waals surface area contributed by atoms with Gasteiger partial charge in [0.25, 0.3) is 0 Å². The van der Waals surface area contributed by atoms with Crippen LogP contribution >= 0.6 is 23.2 Å². The van der Waals surface area contributed by atoms with Crippen molar-refractivity contribution in [3.8, 4) is 0 Å². The number of hydrogen-bond acceptors (Lipinski definition) is 1. The van der Waals surface area contributed by atoms with Gasteiger partial charge in [0.1, 0.15) is 5.82 Å². The van der Waals surface area contributed by atoms with Crippen LogP contribution in [-0.4, -0.2) is 21.3 Å². The third kappa shape index (κ3) is 2.38. The molecule has 0 aliphatic rings. The first-order chi connectivity index (χ1) is 5.38. The van der Waals surface area contributed by atoms with Crippen LogP contribution in [0.15, 0.2) is 12.4 Å². The summed E-state index contributed by atoms with van der Waals surface area (Å²) in [5.74, 6) is 2.24. The molecule has 2 nitrogen and oxygen atoms in total. The van der Waals surface area contributed by atoms with E-state index >= 15 is 0 Å². The molecule has 0 saturated heterocycles. The average Bonchev–Trinajstić information content (AvgIpc) is 2.39. The van der Waals surface area contributed by atoms with Crippen LogP contribution in [0.5, 0.6) is 0 Å². The predicted molar refractivity (Wildman–Crippen MR) is 47.4 cm³/mol. The third-order valence-electron chi connectivity index (χ3n) is 1.45. The zero-order valence-corrected chi connectivity index (χ0v) is 7.65. The zero-order valence-electron chi connectivity index (χ0n) is 6.13. The fraction of sp³-hybridized carbons (Fsp3) is 0.571. The zero-order chi connectivity index (χ0) is 8.10. The van der Waals surface area contributed by atoms with Gasteiger partial charge in [-0.1, -0.05) is 0 Å². The highest BCUT2D eigenvalue weighted by atomic mass is 35.5. The van der Waals surface area contributed by atoms with Crippen molar-refractivity contribution in [1.82, 2.24) is 9.55 Å². The number of halogens is 2. The number of aryl methyl sites for hydroxylation is 2. The lowest BCUT2D eigenvalue weighted by Crippen LogP contribution is -2.04. The second kappa shape index (κ2) is 4.62. The molecule has 0 aliphatic heterocycles. The Labute approximate surface area is 76.1 Å². The van der Waals surface area contributed by atoms with E-state index < -0.39 is 0 Å². The molecule has 0 aliphatic carbocycles. The highest BCUT2D eigenvalue weighted by molar-refractivity contribution is 6.18. The molecule has 1 heterocycles. The highest BCUT2D eigenvalue weighted by Gasteiger charge is 1.99. The molecule has 62 valence electrons. The molecule has 1 aromatic rings. The Bertz CT molecular complexity index is 189. The average molecular weight is 193 g/mol. The van der Waals surface area contributed by atoms with Crippen LogP contribution in [0, 0.1) is 0 Å². The van der Waals surface area contributed by atoms with Crippen molar-refractivity contribution in [3.63, 3.8) is 0 Å². The Kier molecular flexibility index (Phi) is 3.73. The first-order valence-corrected chi connectivity index (χ1v) is 4.57. The Morgan fingerprint density at radius 2 is 2.18 bits per heavy atom. The molecule has 0 bridgehead atoms. The van der Waals surface area contributed by atoms with Gasteiger partial charge in [0.2, 0.25) is 0 Å². The van der Waals surface area contributed by atoms with Crippen molar-refractivity contribution in [2.24, 2.45) is 0 Å². The fourth-order valence-electron chi connectivity index (χ4n) is 0.947. The SMILES string of the molecule is ClCCc1nccn1CCCl. The summed E-state index contributed by atoms with van der Waals surface area (Å²) in [6, 6.07) is 0. The fourth-order valence-corrected chi connectivity index (χ4v) is 1.30. The molecular formula is C7H10Cl2N2. The number of imidazole rings is 1. The lowest BCUT2D eigenvalue weighted by Gasteiger charge is -2.02. The maximum atomic E-state index is 5.58. The topological polar surface area (TPSA) is 17.8 Å². The van der Waals surface area contributed by atoms with Gasteiger partial charge in [0.05, 0.1) is 0 Å². The standard InChI is InChI=1S/C7H10Cl2N2/c8-2-1-7-10-4-6-11(7)5-3-9/h4,6H,1-3,5H2. The van der Waals surface area contributed by atoms with Crippen LogP contribution in [0.2, 0.25) is 0 Å². The summed E-state index contributed by atoms with van der Waals surface area (Å²) in [6.07, 6.45) is 4.50. The van der Waals surface area contributed by atoms with E-state index in [1.54, 1.807) is 6.20 Å². The smallest absolute Gasteiger partial charge is 0.109 e. The second-order valence-electron chi connectivity index (χ2n) is 2.16. The van der Waals surface area contributed by atoms with E-state index in [0.717, 1.165) is 18.8 Å². The minimum absolute atomic E-state index is 0.610. The van der Waals surface area contributed by atoms with Gasteiger partial charge in [-0.3, -0.25) is 0 Å². The summed E-state index contributed by atoms with van der Waals surface area (Å²) in [5.41, 5.74) is 0. The first-order valence-electron chi connectivity index (χ1n) is 3.50. The molecule has 0 aromatic carbocycles. The number of hydrogen-bond donors (Lipinski definition) is 0. The highest BCUT2D eigenvalue weighted by Crippen LogP contribution is 2.00. The van der Waals surface area contributed by atoms with Crippen LogP contribution in [-0.2, 0) is 13.0 Å². The molecule has 11 heavy (non-hydrogen) atoms. The maximum absolute atomic E-state index is 5.58. The first kappa shape index (κ1) is 8.88. The Morgan fingerprint density at radius 3 is 2.82 bits per heavy atom. The van der Waals surface area contributed by atoms with Crippen LogP contribution < -0.4 is 0 Å². The van der Waals surface area contributed by atoms with Gasteiger partial charge in [-0.05, 0) is 0 Å². The van der Waals surface area contributed by atoms with Crippen molar-refractivity contribution in [1.29, 1.82) is 0 Å². The number of aromatic nitrogens is 2. The van der Waals surface area contributed by atoms with Crippen LogP contribution in [0.25, 0.3) is 0 Å². The van der Waals surface area contributed by atoms with Gasteiger partial charge in [-0.2, -0.15) is 0 Å². The van der Waals surface area contributed by atoms with Gasteiger partial charge >= 0.3 is 0 Å². The van der Waals surface area contributed by atoms with Crippen molar-refractivity contribution in [2.75, 3.05) is 11.8 Å². The van der Waals surface area contributed by atoms with E-state index in [9.17, 15) is 0 Å². The van der Waals surface area contributed by atoms with E-state index in [-0.39, 0.29) is 0 Å². The lowest BCUT2D eigenvalue weighted by molar-refractivity contribution is 0.711. The van der Waals surface area contributed by atoms with Gasteiger partial charge in [0.15, 0.2) is 0 Å². The molecule has 1 rings (SSSR count). The third-order valence-corrected chi connectivity index (χ3v) is 1.80. The number of alkyl halides is 2. The number of nitrogens with zero attached hydrogens (tertiary/aromatic N) is 2. The summed E-state index contributed by atoms with van der Waals surface area (Å²) in [4.78, 5) is 4.14. The summed E-state index contributed by atoms with van der Waals surface area (Å²) >= 11 is 11.2. The molecule has 0 spiro atoms. The number of rotatable bonds is 4. The molecule has 0 atom stereocenters. The summed E-state index contributed by atoms with van der Waals surface area (Å²) in [7, 11) is 0. The Hall–Kier alpha value is -0.210. The largest absolute Gasteiger partial charge is 0.334 e. The molecule has 1 aromatic heterocycles. The van der Waals surface area contributed by atoms with Crippen molar-refractivity contribution >= 4 is 23.2 Å². The van der Waals surface area contributed by atoms with Crippen LogP contribution in [0.3, 0.4) is 0 Å². The summed E-state index contributed by atoms with van der Waals surface area (Å²) in [6.45, 7) is 0.813. The molecule has 0 amide bonds. The van der Waals surface area contributed by atoms with Crippen LogP contribution in [0.4, 0.5) is 0 Å². The minimum Gasteiger partial charge on any atom is -0.334 e. The maximum Gasteiger partial charge on any atom is 0.109 e. The molecule has 0 N–H and O–H groups in total. The van der Waals surface area contributed by atoms with E-state index in [1.165, 1.54) is 0 Å². The Morgan fingerprint density at radius 1 is 1.36 bits per heavy atom. The lowest BCUT2D eigenvalue weighted by atomic mass is 10.4. The van der Waals surface area contributed by atoms with Crippen molar-refractivity contribution in [2.45, 2.75) is 13.0 Å². The monoisotopic (exact) mass is 192 g/mol. The van der Waals surface area contributed by atoms with Gasteiger partial charge in [-0.15, -0.1) is 23.2 Å². The van der Waals surface area contributed by atoms with Gasteiger partial charge in [-0.25, -0.2) is 4.98 Å². The minimum atomic E-state index is 0.610. The van der Waals surface area contributed by atoms with E-state index in [4.69, 9.17) is 23.2 Å². The normalized spacial score (nSPS) is 10.4. The summed E-state index contributed by atoms with van der Waals surface area (Å²) < 4.78 is 2.02. The van der Waals surface area contributed by atoms with Crippen molar-refractivity contribution < 1.29 is 0 Å². The summed E-state index contributed by atoms with van der Waals surface area (Å²) in [5, 5.41) is 0. The molecular weight excluding hydrogens is 183 g/mol. The molecule has 0 radical (unpaired) electrons. The van der Waals surface area contributed by atoms with Crippen LogP contribution in [0.1, 0.15) is 5.82 Å². The predicted octanol–water partition coefficient (Wildman–Crippen LogP) is 1.90. The van der Waals surface area contributed by atoms with Gasteiger partial charge < -0.3 is 4.57 Å².